The molecule has 1 aromatic carbocycles. The van der Waals surface area contributed by atoms with E-state index >= 15 is 0 Å². The maximum atomic E-state index is 10.6. The fraction of sp³-hybridized carbons (Fsp3) is 0.222. The van der Waals surface area contributed by atoms with Crippen LogP contribution in [0.15, 0.2) is 12.1 Å². The van der Waals surface area contributed by atoms with Crippen LogP contribution in [0.1, 0.15) is 15.9 Å². The molecular weight excluding hydrogens is 267 g/mol. The van der Waals surface area contributed by atoms with Crippen molar-refractivity contribution in [3.63, 3.8) is 0 Å². The van der Waals surface area contributed by atoms with E-state index in [4.69, 9.17) is 4.74 Å². The average molecular weight is 276 g/mol. The monoisotopic (exact) mass is 276 g/mol. The molecule has 0 unspecified atom stereocenters. The molecule has 0 spiro atoms. The molecule has 12 heavy (non-hydrogen) atoms. The van der Waals surface area contributed by atoms with Gasteiger partial charge >= 0.3 is 0 Å². The lowest BCUT2D eigenvalue weighted by Gasteiger charge is -2.05. The quantitative estimate of drug-likeness (QED) is 0.612. The number of carbonyl (C=O) groups excluding carboxylic acids is 1. The summed E-state index contributed by atoms with van der Waals surface area (Å²) in [5.41, 5.74) is 1.73. The van der Waals surface area contributed by atoms with E-state index in [1.807, 2.05) is 19.1 Å². The summed E-state index contributed by atoms with van der Waals surface area (Å²) in [4.78, 5) is 10.6. The number of benzene rings is 1. The van der Waals surface area contributed by atoms with Crippen molar-refractivity contribution < 1.29 is 9.53 Å². The van der Waals surface area contributed by atoms with Crippen molar-refractivity contribution in [2.75, 3.05) is 7.11 Å². The average Bonchev–Trinajstić information content (AvgIpc) is 2.09. The minimum Gasteiger partial charge on any atom is -0.496 e. The van der Waals surface area contributed by atoms with Gasteiger partial charge in [-0.15, -0.1) is 0 Å². The number of methoxy groups -OCH3 is 1. The lowest BCUT2D eigenvalue weighted by molar-refractivity contribution is 0.112. The van der Waals surface area contributed by atoms with E-state index in [0.717, 1.165) is 15.4 Å². The highest BCUT2D eigenvalue weighted by Crippen LogP contribution is 2.22. The number of aldehydes is 1. The lowest BCUT2D eigenvalue weighted by atomic mass is 10.1. The Morgan fingerprint density at radius 1 is 1.50 bits per heavy atom. The molecule has 64 valence electrons. The molecule has 2 nitrogen and oxygen atoms in total. The minimum atomic E-state index is 0.604. The summed E-state index contributed by atoms with van der Waals surface area (Å²) in [6, 6.07) is 3.69. The van der Waals surface area contributed by atoms with Gasteiger partial charge in [-0.25, -0.2) is 0 Å². The largest absolute Gasteiger partial charge is 0.496 e. The molecule has 0 aromatic heterocycles. The number of hydrogen-bond acceptors (Lipinski definition) is 2. The molecule has 0 aliphatic rings. The minimum absolute atomic E-state index is 0.604. The Labute approximate surface area is 85.1 Å². The Kier molecular flexibility index (Phi) is 3.08. The first-order valence-electron chi connectivity index (χ1n) is 3.48. The van der Waals surface area contributed by atoms with E-state index in [9.17, 15) is 4.79 Å². The molecule has 0 N–H and O–H groups in total. The number of rotatable bonds is 2. The zero-order chi connectivity index (χ0) is 9.14. The van der Waals surface area contributed by atoms with Crippen LogP contribution in [0.4, 0.5) is 0 Å². The highest BCUT2D eigenvalue weighted by Gasteiger charge is 2.04. The van der Waals surface area contributed by atoms with E-state index in [1.165, 1.54) is 0 Å². The smallest absolute Gasteiger partial charge is 0.153 e. The molecule has 0 aliphatic carbocycles. The zero-order valence-corrected chi connectivity index (χ0v) is 9.08. The molecule has 0 amide bonds. The van der Waals surface area contributed by atoms with Gasteiger partial charge in [0, 0.05) is 3.57 Å². The molecule has 1 aromatic rings. The van der Waals surface area contributed by atoms with Gasteiger partial charge in [0.2, 0.25) is 0 Å². The Morgan fingerprint density at radius 2 is 2.17 bits per heavy atom. The van der Waals surface area contributed by atoms with Crippen LogP contribution in [0, 0.1) is 10.5 Å². The normalized spacial score (nSPS) is 9.58. The number of ether oxygens (including phenoxy) is 1. The summed E-state index contributed by atoms with van der Waals surface area (Å²) in [6.45, 7) is 1.98. The van der Waals surface area contributed by atoms with Gasteiger partial charge in [-0.1, -0.05) is 0 Å². The van der Waals surface area contributed by atoms with Crippen molar-refractivity contribution in [2.45, 2.75) is 6.92 Å². The Bertz CT molecular complexity index is 308. The first-order chi connectivity index (χ1) is 5.69. The second kappa shape index (κ2) is 3.89. The van der Waals surface area contributed by atoms with Crippen molar-refractivity contribution in [3.8, 4) is 5.75 Å². The molecule has 0 aliphatic heterocycles. The summed E-state index contributed by atoms with van der Waals surface area (Å²) in [7, 11) is 1.56. The molecule has 0 radical (unpaired) electrons. The van der Waals surface area contributed by atoms with Crippen molar-refractivity contribution in [1.82, 2.24) is 0 Å². The number of aryl methyl sites for hydroxylation is 1. The van der Waals surface area contributed by atoms with Crippen LogP contribution in [0.25, 0.3) is 0 Å². The Balaban J connectivity index is 3.28. The SMILES string of the molecule is COc1cc(C)c(I)cc1C=O. The molecule has 0 atom stereocenters. The van der Waals surface area contributed by atoms with Crippen LogP contribution >= 0.6 is 22.6 Å². The van der Waals surface area contributed by atoms with Crippen molar-refractivity contribution in [2.24, 2.45) is 0 Å². The van der Waals surface area contributed by atoms with Crippen LogP contribution < -0.4 is 4.74 Å². The standard InChI is InChI=1S/C9H9IO2/c1-6-3-9(12-2)7(5-11)4-8(6)10/h3-5H,1-2H3. The maximum Gasteiger partial charge on any atom is 0.153 e. The van der Waals surface area contributed by atoms with Gasteiger partial charge in [-0.05, 0) is 47.2 Å². The Morgan fingerprint density at radius 3 is 2.67 bits per heavy atom. The molecule has 3 heteroatoms. The van der Waals surface area contributed by atoms with Crippen LogP contribution in [0.5, 0.6) is 5.75 Å². The first-order valence-corrected chi connectivity index (χ1v) is 4.56. The predicted molar refractivity (Wildman–Crippen MR) is 55.8 cm³/mol. The van der Waals surface area contributed by atoms with Crippen LogP contribution in [0.3, 0.4) is 0 Å². The fourth-order valence-electron chi connectivity index (χ4n) is 0.939. The third-order valence-corrected chi connectivity index (χ3v) is 2.80. The summed E-state index contributed by atoms with van der Waals surface area (Å²) in [5.74, 6) is 0.642. The van der Waals surface area contributed by atoms with Crippen molar-refractivity contribution in [1.29, 1.82) is 0 Å². The summed E-state index contributed by atoms with van der Waals surface area (Å²) in [6.07, 6.45) is 0.806. The van der Waals surface area contributed by atoms with Gasteiger partial charge in [0.1, 0.15) is 5.75 Å². The van der Waals surface area contributed by atoms with Gasteiger partial charge in [0.05, 0.1) is 12.7 Å². The molecule has 0 heterocycles. The molecule has 0 saturated carbocycles. The van der Waals surface area contributed by atoms with Crippen LogP contribution in [0.2, 0.25) is 0 Å². The number of carbonyl (C=O) groups is 1. The summed E-state index contributed by atoms with van der Waals surface area (Å²) in [5, 5.41) is 0. The third kappa shape index (κ3) is 1.77. The van der Waals surface area contributed by atoms with Crippen LogP contribution in [-0.4, -0.2) is 13.4 Å². The first kappa shape index (κ1) is 9.51. The third-order valence-electron chi connectivity index (χ3n) is 1.64. The summed E-state index contributed by atoms with van der Waals surface area (Å²) < 4.78 is 6.12. The van der Waals surface area contributed by atoms with E-state index in [1.54, 1.807) is 7.11 Å². The van der Waals surface area contributed by atoms with Gasteiger partial charge in [-0.2, -0.15) is 0 Å². The van der Waals surface area contributed by atoms with E-state index in [0.29, 0.717) is 11.3 Å². The van der Waals surface area contributed by atoms with E-state index in [-0.39, 0.29) is 0 Å². The lowest BCUT2D eigenvalue weighted by Crippen LogP contribution is -1.93. The molecule has 0 bridgehead atoms. The summed E-state index contributed by atoms with van der Waals surface area (Å²) >= 11 is 2.19. The Hall–Kier alpha value is -0.580. The second-order valence-electron chi connectivity index (χ2n) is 2.46. The van der Waals surface area contributed by atoms with Crippen LogP contribution in [-0.2, 0) is 0 Å². The highest BCUT2D eigenvalue weighted by atomic mass is 127. The second-order valence-corrected chi connectivity index (χ2v) is 3.62. The zero-order valence-electron chi connectivity index (χ0n) is 6.93. The van der Waals surface area contributed by atoms with E-state index in [2.05, 4.69) is 22.6 Å². The molecular formula is C9H9IO2. The highest BCUT2D eigenvalue weighted by molar-refractivity contribution is 14.1. The maximum absolute atomic E-state index is 10.6. The van der Waals surface area contributed by atoms with E-state index < -0.39 is 0 Å². The number of hydrogen-bond donors (Lipinski definition) is 0. The molecule has 0 saturated heterocycles. The van der Waals surface area contributed by atoms with Crippen molar-refractivity contribution in [3.05, 3.63) is 26.8 Å². The van der Waals surface area contributed by atoms with Gasteiger partial charge in [0.25, 0.3) is 0 Å². The van der Waals surface area contributed by atoms with Gasteiger partial charge < -0.3 is 4.74 Å². The predicted octanol–water partition coefficient (Wildman–Crippen LogP) is 2.42. The van der Waals surface area contributed by atoms with Gasteiger partial charge in [0.15, 0.2) is 6.29 Å². The number of halogens is 1. The molecule has 1 rings (SSSR count). The topological polar surface area (TPSA) is 26.3 Å². The van der Waals surface area contributed by atoms with Crippen molar-refractivity contribution >= 4 is 28.9 Å². The van der Waals surface area contributed by atoms with Gasteiger partial charge in [-0.3, -0.25) is 4.79 Å². The molecule has 0 fully saturated rings. The fourth-order valence-corrected chi connectivity index (χ4v) is 1.43.